The van der Waals surface area contributed by atoms with Crippen LogP contribution in [0.1, 0.15) is 32.3 Å². The maximum atomic E-state index is 12.2. The molecule has 0 radical (unpaired) electrons. The minimum Gasteiger partial charge on any atom is -0.484 e. The van der Waals surface area contributed by atoms with Crippen molar-refractivity contribution in [2.75, 3.05) is 23.9 Å². The summed E-state index contributed by atoms with van der Waals surface area (Å²) in [5, 5.41) is 2.78. The van der Waals surface area contributed by atoms with Gasteiger partial charge in [0.05, 0.1) is 5.69 Å². The van der Waals surface area contributed by atoms with E-state index < -0.39 is 6.10 Å². The highest BCUT2D eigenvalue weighted by molar-refractivity contribution is 6.00. The zero-order valence-electron chi connectivity index (χ0n) is 16.0. The number of rotatable bonds is 5. The highest BCUT2D eigenvalue weighted by Crippen LogP contribution is 2.35. The summed E-state index contributed by atoms with van der Waals surface area (Å²) in [5.41, 5.74) is 2.42. The van der Waals surface area contributed by atoms with Crippen LogP contribution in [-0.4, -0.2) is 31.6 Å². The predicted octanol–water partition coefficient (Wildman–Crippen LogP) is 3.57. The largest absolute Gasteiger partial charge is 0.484 e. The molecular weight excluding hydrogens is 344 g/mol. The van der Waals surface area contributed by atoms with Crippen LogP contribution in [0.3, 0.4) is 0 Å². The first-order valence-electron chi connectivity index (χ1n) is 8.96. The minimum atomic E-state index is -0.515. The summed E-state index contributed by atoms with van der Waals surface area (Å²) in [6.07, 6.45) is -0.515. The number of carbonyl (C=O) groups excluding carboxylic acids is 2. The Bertz CT molecular complexity index is 846. The van der Waals surface area contributed by atoms with Crippen molar-refractivity contribution in [1.82, 2.24) is 0 Å². The lowest BCUT2D eigenvalue weighted by Crippen LogP contribution is -2.42. The van der Waals surface area contributed by atoms with Gasteiger partial charge in [0, 0.05) is 12.7 Å². The number of ether oxygens (including phenoxy) is 2. The van der Waals surface area contributed by atoms with E-state index in [4.69, 9.17) is 9.47 Å². The molecule has 2 aromatic rings. The second-order valence-corrected chi connectivity index (χ2v) is 6.90. The van der Waals surface area contributed by atoms with E-state index in [-0.39, 0.29) is 18.4 Å². The summed E-state index contributed by atoms with van der Waals surface area (Å²) in [4.78, 5) is 25.8. The zero-order valence-corrected chi connectivity index (χ0v) is 16.0. The number of fused-ring (bicyclic) bond motifs is 1. The quantitative estimate of drug-likeness (QED) is 0.876. The van der Waals surface area contributed by atoms with E-state index in [1.54, 1.807) is 32.2 Å². The summed E-state index contributed by atoms with van der Waals surface area (Å²) >= 11 is 0. The summed E-state index contributed by atoms with van der Waals surface area (Å²) in [6.45, 7) is 5.86. The van der Waals surface area contributed by atoms with E-state index in [0.29, 0.717) is 28.8 Å². The third-order valence-corrected chi connectivity index (χ3v) is 4.50. The van der Waals surface area contributed by atoms with Crippen LogP contribution in [0.4, 0.5) is 11.4 Å². The number of anilines is 2. The SMILES string of the molecule is CC(C)c1ccc(OCC(=O)Nc2ccc3c(c2)N(C)C(=O)[C@@H](C)O3)cc1. The summed E-state index contributed by atoms with van der Waals surface area (Å²) in [6, 6.07) is 12.9. The van der Waals surface area contributed by atoms with Crippen molar-refractivity contribution in [2.45, 2.75) is 32.8 Å². The first-order chi connectivity index (χ1) is 12.8. The number of likely N-dealkylation sites (N-methyl/N-ethyl adjacent to an activating group) is 1. The number of nitrogens with one attached hydrogen (secondary N) is 1. The van der Waals surface area contributed by atoms with E-state index in [9.17, 15) is 9.59 Å². The summed E-state index contributed by atoms with van der Waals surface area (Å²) in [7, 11) is 1.69. The molecule has 0 unspecified atom stereocenters. The fourth-order valence-electron chi connectivity index (χ4n) is 2.88. The van der Waals surface area contributed by atoms with Crippen molar-refractivity contribution < 1.29 is 19.1 Å². The van der Waals surface area contributed by atoms with Crippen LogP contribution in [0.25, 0.3) is 0 Å². The first-order valence-corrected chi connectivity index (χ1v) is 8.96. The van der Waals surface area contributed by atoms with Crippen molar-refractivity contribution in [3.63, 3.8) is 0 Å². The molecule has 0 spiro atoms. The van der Waals surface area contributed by atoms with Crippen molar-refractivity contribution >= 4 is 23.2 Å². The van der Waals surface area contributed by atoms with Crippen LogP contribution >= 0.6 is 0 Å². The fourth-order valence-corrected chi connectivity index (χ4v) is 2.88. The standard InChI is InChI=1S/C21H24N2O4/c1-13(2)15-5-8-17(9-6-15)26-12-20(24)22-16-7-10-19-18(11-16)23(4)21(25)14(3)27-19/h5-11,13-14H,12H2,1-4H3,(H,22,24)/t14-/m1/s1. The van der Waals surface area contributed by atoms with E-state index >= 15 is 0 Å². The molecule has 1 N–H and O–H groups in total. The number of carbonyl (C=O) groups is 2. The van der Waals surface area contributed by atoms with Crippen LogP contribution < -0.4 is 19.7 Å². The Morgan fingerprint density at radius 2 is 1.93 bits per heavy atom. The number of benzene rings is 2. The van der Waals surface area contributed by atoms with Gasteiger partial charge in [-0.3, -0.25) is 9.59 Å². The molecule has 0 aromatic heterocycles. The third kappa shape index (κ3) is 4.22. The van der Waals surface area contributed by atoms with E-state index in [1.165, 1.54) is 10.5 Å². The lowest BCUT2D eigenvalue weighted by molar-refractivity contribution is -0.125. The molecule has 2 amide bonds. The second kappa shape index (κ2) is 7.70. The van der Waals surface area contributed by atoms with Gasteiger partial charge in [-0.05, 0) is 48.7 Å². The van der Waals surface area contributed by atoms with Crippen molar-refractivity contribution in [1.29, 1.82) is 0 Å². The highest BCUT2D eigenvalue weighted by atomic mass is 16.5. The summed E-state index contributed by atoms with van der Waals surface area (Å²) < 4.78 is 11.1. The van der Waals surface area contributed by atoms with E-state index in [2.05, 4.69) is 19.2 Å². The second-order valence-electron chi connectivity index (χ2n) is 6.90. The highest BCUT2D eigenvalue weighted by Gasteiger charge is 2.29. The summed E-state index contributed by atoms with van der Waals surface area (Å²) in [5.74, 6) is 1.31. The Hall–Kier alpha value is -3.02. The van der Waals surface area contributed by atoms with Crippen LogP contribution in [0.15, 0.2) is 42.5 Å². The Kier molecular flexibility index (Phi) is 5.35. The molecular formula is C21H24N2O4. The molecule has 1 aliphatic rings. The Labute approximate surface area is 159 Å². The molecule has 1 atom stereocenters. The normalized spacial score (nSPS) is 16.0. The molecule has 27 heavy (non-hydrogen) atoms. The molecule has 0 saturated carbocycles. The maximum Gasteiger partial charge on any atom is 0.267 e. The van der Waals surface area contributed by atoms with Crippen LogP contribution in [0, 0.1) is 0 Å². The zero-order chi connectivity index (χ0) is 19.6. The first kappa shape index (κ1) is 18.8. The Morgan fingerprint density at radius 3 is 2.59 bits per heavy atom. The third-order valence-electron chi connectivity index (χ3n) is 4.50. The molecule has 0 fully saturated rings. The van der Waals surface area contributed by atoms with Gasteiger partial charge in [-0.25, -0.2) is 0 Å². The topological polar surface area (TPSA) is 67.9 Å². The maximum absolute atomic E-state index is 12.2. The molecule has 142 valence electrons. The Morgan fingerprint density at radius 1 is 1.22 bits per heavy atom. The van der Waals surface area contributed by atoms with Gasteiger partial charge in [0.15, 0.2) is 12.7 Å². The monoisotopic (exact) mass is 368 g/mol. The molecule has 2 aromatic carbocycles. The van der Waals surface area contributed by atoms with E-state index in [0.717, 1.165) is 0 Å². The van der Waals surface area contributed by atoms with Gasteiger partial charge in [0.25, 0.3) is 11.8 Å². The van der Waals surface area contributed by atoms with Gasteiger partial charge in [-0.1, -0.05) is 26.0 Å². The van der Waals surface area contributed by atoms with Crippen LogP contribution in [0.2, 0.25) is 0 Å². The molecule has 0 bridgehead atoms. The molecule has 3 rings (SSSR count). The average Bonchev–Trinajstić information content (AvgIpc) is 2.65. The smallest absolute Gasteiger partial charge is 0.267 e. The van der Waals surface area contributed by atoms with Gasteiger partial charge < -0.3 is 19.7 Å². The van der Waals surface area contributed by atoms with Crippen molar-refractivity contribution in [3.05, 3.63) is 48.0 Å². The number of hydrogen-bond acceptors (Lipinski definition) is 4. The van der Waals surface area contributed by atoms with Gasteiger partial charge in [-0.2, -0.15) is 0 Å². The van der Waals surface area contributed by atoms with Crippen LogP contribution in [-0.2, 0) is 9.59 Å². The molecule has 1 aliphatic heterocycles. The van der Waals surface area contributed by atoms with Crippen molar-refractivity contribution in [2.24, 2.45) is 0 Å². The van der Waals surface area contributed by atoms with Crippen LogP contribution in [0.5, 0.6) is 11.5 Å². The Balaban J connectivity index is 1.60. The number of nitrogens with zero attached hydrogens (tertiary/aromatic N) is 1. The number of amides is 2. The molecule has 0 saturated heterocycles. The minimum absolute atomic E-state index is 0.0968. The lowest BCUT2D eigenvalue weighted by atomic mass is 10.0. The van der Waals surface area contributed by atoms with E-state index in [1.807, 2.05) is 24.3 Å². The molecule has 1 heterocycles. The van der Waals surface area contributed by atoms with Gasteiger partial charge in [0.1, 0.15) is 11.5 Å². The van der Waals surface area contributed by atoms with Crippen molar-refractivity contribution in [3.8, 4) is 11.5 Å². The fraction of sp³-hybridized carbons (Fsp3) is 0.333. The lowest BCUT2D eigenvalue weighted by Gasteiger charge is -2.30. The van der Waals surface area contributed by atoms with Gasteiger partial charge >= 0.3 is 0 Å². The molecule has 6 heteroatoms. The van der Waals surface area contributed by atoms with Gasteiger partial charge in [0.2, 0.25) is 0 Å². The molecule has 6 nitrogen and oxygen atoms in total. The van der Waals surface area contributed by atoms with Gasteiger partial charge in [-0.15, -0.1) is 0 Å². The molecule has 0 aliphatic carbocycles. The predicted molar refractivity (Wildman–Crippen MR) is 105 cm³/mol. The number of hydrogen-bond donors (Lipinski definition) is 1. The average molecular weight is 368 g/mol.